The van der Waals surface area contributed by atoms with Crippen LogP contribution in [0.4, 0.5) is 0 Å². The summed E-state index contributed by atoms with van der Waals surface area (Å²) < 4.78 is 0. The molecule has 1 heterocycles. The van der Waals surface area contributed by atoms with Gasteiger partial charge in [0.05, 0.1) is 11.8 Å². The van der Waals surface area contributed by atoms with Crippen LogP contribution in [0.1, 0.15) is 30.6 Å². The molecule has 1 aromatic heterocycles. The fourth-order valence-electron chi connectivity index (χ4n) is 2.01. The van der Waals surface area contributed by atoms with E-state index in [0.29, 0.717) is 11.5 Å². The van der Waals surface area contributed by atoms with Gasteiger partial charge >= 0.3 is 0 Å². The van der Waals surface area contributed by atoms with Crippen molar-refractivity contribution < 1.29 is 9.90 Å². The van der Waals surface area contributed by atoms with Crippen molar-refractivity contribution in [2.45, 2.75) is 26.3 Å². The molecular weight excluding hydrogens is 242 g/mol. The number of nitrogens with zero attached hydrogens (tertiary/aromatic N) is 2. The Morgan fingerprint density at radius 2 is 2.11 bits per heavy atom. The normalized spacial score (nSPS) is 12.7. The number of pyridine rings is 1. The zero-order valence-electron chi connectivity index (χ0n) is 12.1. The Kier molecular flexibility index (Phi) is 5.76. The highest BCUT2D eigenvalue weighted by Crippen LogP contribution is 2.10. The average molecular weight is 265 g/mol. The topological polar surface area (TPSA) is 65.5 Å². The molecule has 0 saturated carbocycles. The highest BCUT2D eigenvalue weighted by atomic mass is 16.3. The standard InChI is InChI=1S/C14H23N3O2/c1-10(2)5-12(9-17(3)4)16-14(19)11-6-13(18)8-15-7-11/h6-8,10,12,18H,5,9H2,1-4H3,(H,16,19). The molecule has 0 aromatic carbocycles. The largest absolute Gasteiger partial charge is 0.506 e. The number of carbonyl (C=O) groups excluding carboxylic acids is 1. The van der Waals surface area contributed by atoms with Crippen molar-refractivity contribution in [2.75, 3.05) is 20.6 Å². The van der Waals surface area contributed by atoms with Crippen LogP contribution in [0.5, 0.6) is 5.75 Å². The Bertz CT molecular complexity index is 409. The number of aromatic hydroxyl groups is 1. The molecule has 5 nitrogen and oxygen atoms in total. The number of aromatic nitrogens is 1. The molecule has 0 bridgehead atoms. The van der Waals surface area contributed by atoms with Crippen LogP contribution in [0.3, 0.4) is 0 Å². The lowest BCUT2D eigenvalue weighted by Crippen LogP contribution is -2.42. The van der Waals surface area contributed by atoms with Gasteiger partial charge in [-0.15, -0.1) is 0 Å². The second kappa shape index (κ2) is 7.09. The van der Waals surface area contributed by atoms with Crippen molar-refractivity contribution in [3.8, 4) is 5.75 Å². The number of rotatable bonds is 6. The first-order valence-electron chi connectivity index (χ1n) is 6.48. The molecule has 0 aliphatic carbocycles. The van der Waals surface area contributed by atoms with Gasteiger partial charge in [-0.3, -0.25) is 9.78 Å². The van der Waals surface area contributed by atoms with E-state index in [9.17, 15) is 9.90 Å². The van der Waals surface area contributed by atoms with Gasteiger partial charge in [0, 0.05) is 18.8 Å². The molecule has 1 unspecified atom stereocenters. The maximum absolute atomic E-state index is 12.1. The molecule has 1 atom stereocenters. The quantitative estimate of drug-likeness (QED) is 0.818. The summed E-state index contributed by atoms with van der Waals surface area (Å²) in [6.45, 7) is 5.05. The molecule has 1 amide bonds. The third-order valence-corrected chi connectivity index (χ3v) is 2.66. The van der Waals surface area contributed by atoms with Gasteiger partial charge in [0.1, 0.15) is 5.75 Å². The van der Waals surface area contributed by atoms with Crippen LogP contribution in [0.25, 0.3) is 0 Å². The first-order chi connectivity index (χ1) is 8.88. The molecule has 0 aliphatic rings. The van der Waals surface area contributed by atoms with Crippen LogP contribution in [0.2, 0.25) is 0 Å². The van der Waals surface area contributed by atoms with E-state index in [4.69, 9.17) is 0 Å². The van der Waals surface area contributed by atoms with E-state index in [2.05, 4.69) is 24.1 Å². The van der Waals surface area contributed by atoms with E-state index < -0.39 is 0 Å². The predicted octanol–water partition coefficient (Wildman–Crippen LogP) is 1.49. The first-order valence-corrected chi connectivity index (χ1v) is 6.48. The number of hydrogen-bond donors (Lipinski definition) is 2. The lowest BCUT2D eigenvalue weighted by Gasteiger charge is -2.24. The van der Waals surface area contributed by atoms with Gasteiger partial charge < -0.3 is 15.3 Å². The Labute approximate surface area is 114 Å². The van der Waals surface area contributed by atoms with Gasteiger partial charge in [-0.05, 0) is 32.5 Å². The van der Waals surface area contributed by atoms with Gasteiger partial charge in [-0.25, -0.2) is 0 Å². The molecule has 5 heteroatoms. The Balaban J connectivity index is 2.69. The lowest BCUT2D eigenvalue weighted by atomic mass is 10.0. The van der Waals surface area contributed by atoms with Crippen molar-refractivity contribution >= 4 is 5.91 Å². The Morgan fingerprint density at radius 1 is 1.42 bits per heavy atom. The van der Waals surface area contributed by atoms with Crippen molar-refractivity contribution in [3.63, 3.8) is 0 Å². The minimum atomic E-state index is -0.198. The SMILES string of the molecule is CC(C)CC(CN(C)C)NC(=O)c1cncc(O)c1. The maximum Gasteiger partial charge on any atom is 0.253 e. The van der Waals surface area contributed by atoms with Gasteiger partial charge in [0.15, 0.2) is 0 Å². The van der Waals surface area contributed by atoms with Crippen molar-refractivity contribution in [3.05, 3.63) is 24.0 Å². The number of hydrogen-bond acceptors (Lipinski definition) is 4. The molecule has 19 heavy (non-hydrogen) atoms. The highest BCUT2D eigenvalue weighted by Gasteiger charge is 2.16. The summed E-state index contributed by atoms with van der Waals surface area (Å²) in [5.74, 6) is 0.309. The Hall–Kier alpha value is -1.62. The van der Waals surface area contributed by atoms with Crippen LogP contribution >= 0.6 is 0 Å². The molecule has 1 rings (SSSR count). The summed E-state index contributed by atoms with van der Waals surface area (Å²) in [6, 6.07) is 1.51. The minimum Gasteiger partial charge on any atom is -0.506 e. The summed E-state index contributed by atoms with van der Waals surface area (Å²) in [4.78, 5) is 18.0. The fourth-order valence-corrected chi connectivity index (χ4v) is 2.01. The van der Waals surface area contributed by atoms with Crippen molar-refractivity contribution in [1.29, 1.82) is 0 Å². The zero-order chi connectivity index (χ0) is 14.4. The summed E-state index contributed by atoms with van der Waals surface area (Å²) >= 11 is 0. The molecule has 106 valence electrons. The zero-order valence-corrected chi connectivity index (χ0v) is 12.1. The monoisotopic (exact) mass is 265 g/mol. The molecule has 0 aliphatic heterocycles. The number of carbonyl (C=O) groups is 1. The molecule has 0 saturated heterocycles. The summed E-state index contributed by atoms with van der Waals surface area (Å²) in [6.07, 6.45) is 3.68. The number of nitrogens with one attached hydrogen (secondary N) is 1. The Morgan fingerprint density at radius 3 is 2.63 bits per heavy atom. The van der Waals surface area contributed by atoms with Gasteiger partial charge in [-0.1, -0.05) is 13.8 Å². The maximum atomic E-state index is 12.1. The first kappa shape index (κ1) is 15.4. The van der Waals surface area contributed by atoms with Crippen molar-refractivity contribution in [2.24, 2.45) is 5.92 Å². The van der Waals surface area contributed by atoms with E-state index in [0.717, 1.165) is 13.0 Å². The molecule has 0 spiro atoms. The second-order valence-electron chi connectivity index (χ2n) is 5.49. The second-order valence-corrected chi connectivity index (χ2v) is 5.49. The van der Waals surface area contributed by atoms with Crippen LogP contribution in [0.15, 0.2) is 18.5 Å². The molecule has 1 aromatic rings. The van der Waals surface area contributed by atoms with E-state index in [1.165, 1.54) is 18.5 Å². The fraction of sp³-hybridized carbons (Fsp3) is 0.571. The van der Waals surface area contributed by atoms with E-state index in [1.54, 1.807) is 0 Å². The summed E-state index contributed by atoms with van der Waals surface area (Å²) in [5.41, 5.74) is 0.382. The summed E-state index contributed by atoms with van der Waals surface area (Å²) in [5, 5.41) is 12.3. The van der Waals surface area contributed by atoms with Gasteiger partial charge in [0.2, 0.25) is 0 Å². The highest BCUT2D eigenvalue weighted by molar-refractivity contribution is 5.94. The molecule has 0 fully saturated rings. The lowest BCUT2D eigenvalue weighted by molar-refractivity contribution is 0.0924. The smallest absolute Gasteiger partial charge is 0.253 e. The summed E-state index contributed by atoms with van der Waals surface area (Å²) in [7, 11) is 3.96. The molecule has 2 N–H and O–H groups in total. The van der Waals surface area contributed by atoms with Crippen LogP contribution < -0.4 is 5.32 Å². The minimum absolute atomic E-state index is 0.000620. The van der Waals surface area contributed by atoms with E-state index in [1.807, 2.05) is 19.0 Å². The third kappa shape index (κ3) is 5.70. The van der Waals surface area contributed by atoms with Crippen LogP contribution in [-0.4, -0.2) is 47.6 Å². The number of likely N-dealkylation sites (N-methyl/N-ethyl adjacent to an activating group) is 1. The van der Waals surface area contributed by atoms with Gasteiger partial charge in [0.25, 0.3) is 5.91 Å². The van der Waals surface area contributed by atoms with Crippen LogP contribution in [-0.2, 0) is 0 Å². The van der Waals surface area contributed by atoms with Crippen LogP contribution in [0, 0.1) is 5.92 Å². The van der Waals surface area contributed by atoms with Crippen molar-refractivity contribution in [1.82, 2.24) is 15.2 Å². The molecular formula is C14H23N3O2. The average Bonchev–Trinajstić information content (AvgIpc) is 2.26. The van der Waals surface area contributed by atoms with Gasteiger partial charge in [-0.2, -0.15) is 0 Å². The number of amides is 1. The third-order valence-electron chi connectivity index (χ3n) is 2.66. The van der Waals surface area contributed by atoms with E-state index in [-0.39, 0.29) is 17.7 Å². The predicted molar refractivity (Wildman–Crippen MR) is 75.2 cm³/mol. The molecule has 0 radical (unpaired) electrons. The van der Waals surface area contributed by atoms with E-state index >= 15 is 0 Å².